The Labute approximate surface area is 172 Å². The Kier molecular flexibility index (Phi) is 6.11. The average Bonchev–Trinajstić information content (AvgIpc) is 3.00. The molecule has 0 aliphatic carbocycles. The van der Waals surface area contributed by atoms with Crippen LogP contribution in [-0.4, -0.2) is 48.9 Å². The highest BCUT2D eigenvalue weighted by molar-refractivity contribution is 7.89. The number of carbonyl (C=O) groups excluding carboxylic acids is 1. The third-order valence-corrected chi connectivity index (χ3v) is 6.52. The molecule has 2 aromatic carbocycles. The second-order valence-electron chi connectivity index (χ2n) is 6.52. The number of benzene rings is 2. The Hall–Kier alpha value is -2.62. The number of sulfonamides is 1. The monoisotopic (exact) mass is 437 g/mol. The van der Waals surface area contributed by atoms with E-state index < -0.39 is 16.0 Å². The Balaban J connectivity index is 1.67. The molecule has 10 heteroatoms. The van der Waals surface area contributed by atoms with E-state index in [-0.39, 0.29) is 27.8 Å². The van der Waals surface area contributed by atoms with Crippen LogP contribution in [0.2, 0.25) is 5.02 Å². The summed E-state index contributed by atoms with van der Waals surface area (Å²) in [7, 11) is -0.910. The summed E-state index contributed by atoms with van der Waals surface area (Å²) in [5.41, 5.74) is 1.25. The largest absolute Gasteiger partial charge is 0.462 e. The summed E-state index contributed by atoms with van der Waals surface area (Å²) in [6.07, 6.45) is 0.404. The molecule has 0 fully saturated rings. The molecule has 1 heterocycles. The van der Waals surface area contributed by atoms with E-state index >= 15 is 0 Å². The SMILES string of the molecule is CN(C)S(=O)(=O)c1ccc(Cl)c(C(=O)OCCCn2c(=O)[nH]c3ccccc32)c1. The van der Waals surface area contributed by atoms with Gasteiger partial charge >= 0.3 is 11.7 Å². The molecular weight excluding hydrogens is 418 g/mol. The van der Waals surface area contributed by atoms with Gasteiger partial charge in [0.05, 0.1) is 33.1 Å². The molecule has 29 heavy (non-hydrogen) atoms. The highest BCUT2D eigenvalue weighted by atomic mass is 35.5. The normalized spacial score (nSPS) is 11.9. The van der Waals surface area contributed by atoms with Crippen molar-refractivity contribution in [2.75, 3.05) is 20.7 Å². The number of para-hydroxylation sites is 2. The van der Waals surface area contributed by atoms with Gasteiger partial charge in [-0.2, -0.15) is 0 Å². The number of imidazole rings is 1. The Morgan fingerprint density at radius 3 is 2.66 bits per heavy atom. The number of carbonyl (C=O) groups is 1. The third-order valence-electron chi connectivity index (χ3n) is 4.38. The zero-order valence-corrected chi connectivity index (χ0v) is 17.5. The maximum atomic E-state index is 12.4. The number of hydrogen-bond acceptors (Lipinski definition) is 5. The van der Waals surface area contributed by atoms with Gasteiger partial charge in [0.25, 0.3) is 0 Å². The highest BCUT2D eigenvalue weighted by Crippen LogP contribution is 2.23. The van der Waals surface area contributed by atoms with Crippen LogP contribution in [0.1, 0.15) is 16.8 Å². The summed E-state index contributed by atoms with van der Waals surface area (Å²) in [5.74, 6) is -0.725. The molecule has 154 valence electrons. The van der Waals surface area contributed by atoms with Gasteiger partial charge < -0.3 is 9.72 Å². The minimum absolute atomic E-state index is 0.0288. The fourth-order valence-electron chi connectivity index (χ4n) is 2.83. The minimum Gasteiger partial charge on any atom is -0.462 e. The lowest BCUT2D eigenvalue weighted by molar-refractivity contribution is 0.0496. The maximum absolute atomic E-state index is 12.4. The van der Waals surface area contributed by atoms with E-state index in [1.54, 1.807) is 4.57 Å². The van der Waals surface area contributed by atoms with Crippen LogP contribution in [0.5, 0.6) is 0 Å². The molecule has 0 atom stereocenters. The number of nitrogens with zero attached hydrogens (tertiary/aromatic N) is 2. The van der Waals surface area contributed by atoms with E-state index in [4.69, 9.17) is 16.3 Å². The quantitative estimate of drug-likeness (QED) is 0.452. The number of hydrogen-bond donors (Lipinski definition) is 1. The Bertz CT molecular complexity index is 1210. The number of esters is 1. The number of halogens is 1. The van der Waals surface area contributed by atoms with Crippen molar-refractivity contribution < 1.29 is 17.9 Å². The maximum Gasteiger partial charge on any atom is 0.339 e. The number of aryl methyl sites for hydroxylation is 1. The highest BCUT2D eigenvalue weighted by Gasteiger charge is 2.21. The van der Waals surface area contributed by atoms with Gasteiger partial charge in [-0.15, -0.1) is 0 Å². The molecule has 0 spiro atoms. The van der Waals surface area contributed by atoms with Crippen LogP contribution >= 0.6 is 11.6 Å². The fraction of sp³-hybridized carbons (Fsp3) is 0.263. The lowest BCUT2D eigenvalue weighted by Crippen LogP contribution is -2.22. The van der Waals surface area contributed by atoms with Crippen molar-refractivity contribution in [3.63, 3.8) is 0 Å². The topological polar surface area (TPSA) is 101 Å². The van der Waals surface area contributed by atoms with Gasteiger partial charge in [0.2, 0.25) is 10.0 Å². The van der Waals surface area contributed by atoms with Crippen LogP contribution < -0.4 is 5.69 Å². The molecule has 3 rings (SSSR count). The van der Waals surface area contributed by atoms with E-state index in [2.05, 4.69) is 4.98 Å². The van der Waals surface area contributed by atoms with Crippen LogP contribution in [0, 0.1) is 0 Å². The number of nitrogens with one attached hydrogen (secondary N) is 1. The van der Waals surface area contributed by atoms with Crippen LogP contribution in [0.4, 0.5) is 0 Å². The van der Waals surface area contributed by atoms with Crippen LogP contribution in [-0.2, 0) is 21.3 Å². The smallest absolute Gasteiger partial charge is 0.339 e. The second kappa shape index (κ2) is 8.40. The van der Waals surface area contributed by atoms with Gasteiger partial charge in [-0.1, -0.05) is 23.7 Å². The van der Waals surface area contributed by atoms with E-state index in [1.807, 2.05) is 24.3 Å². The first kappa shape index (κ1) is 21.1. The van der Waals surface area contributed by atoms with Crippen molar-refractivity contribution in [1.29, 1.82) is 0 Å². The number of H-pyrrole nitrogens is 1. The summed E-state index contributed by atoms with van der Waals surface area (Å²) in [6, 6.07) is 11.2. The number of rotatable bonds is 7. The molecule has 0 saturated heterocycles. The zero-order chi connectivity index (χ0) is 21.2. The average molecular weight is 438 g/mol. The van der Waals surface area contributed by atoms with Gasteiger partial charge in [0, 0.05) is 20.6 Å². The molecule has 1 aromatic heterocycles. The van der Waals surface area contributed by atoms with Crippen molar-refractivity contribution in [3.8, 4) is 0 Å². The van der Waals surface area contributed by atoms with Gasteiger partial charge in [0.15, 0.2) is 0 Å². The minimum atomic E-state index is -3.70. The van der Waals surface area contributed by atoms with Crippen molar-refractivity contribution >= 4 is 38.6 Å². The lowest BCUT2D eigenvalue weighted by atomic mass is 10.2. The van der Waals surface area contributed by atoms with Gasteiger partial charge in [0.1, 0.15) is 0 Å². The van der Waals surface area contributed by atoms with Crippen molar-refractivity contribution in [1.82, 2.24) is 13.9 Å². The molecule has 1 N–H and O–H groups in total. The fourth-order valence-corrected chi connectivity index (χ4v) is 3.95. The first-order valence-corrected chi connectivity index (χ1v) is 10.6. The Morgan fingerprint density at radius 1 is 1.21 bits per heavy atom. The van der Waals surface area contributed by atoms with Gasteiger partial charge in [-0.05, 0) is 36.8 Å². The van der Waals surface area contributed by atoms with Crippen LogP contribution in [0.15, 0.2) is 52.2 Å². The van der Waals surface area contributed by atoms with E-state index in [9.17, 15) is 18.0 Å². The van der Waals surface area contributed by atoms with Crippen molar-refractivity contribution in [2.45, 2.75) is 17.9 Å². The first-order chi connectivity index (χ1) is 13.7. The Morgan fingerprint density at radius 2 is 1.93 bits per heavy atom. The summed E-state index contributed by atoms with van der Waals surface area (Å²) in [5, 5.41) is 0.0977. The third kappa shape index (κ3) is 4.36. The molecule has 8 nitrogen and oxygen atoms in total. The predicted octanol–water partition coefficient (Wildman–Crippen LogP) is 2.48. The van der Waals surface area contributed by atoms with E-state index in [0.29, 0.717) is 13.0 Å². The number of aromatic amines is 1. The summed E-state index contributed by atoms with van der Waals surface area (Å²) < 4.78 is 32.3. The summed E-state index contributed by atoms with van der Waals surface area (Å²) >= 11 is 6.04. The zero-order valence-electron chi connectivity index (χ0n) is 15.9. The standard InChI is InChI=1S/C19H20ClN3O5S/c1-22(2)29(26,27)13-8-9-15(20)14(12-13)18(24)28-11-5-10-23-17-7-4-3-6-16(17)21-19(23)25/h3-4,6-9,12H,5,10-11H2,1-2H3,(H,21,25). The molecule has 0 radical (unpaired) electrons. The summed E-state index contributed by atoms with van der Waals surface area (Å²) in [4.78, 5) is 27.1. The van der Waals surface area contributed by atoms with Gasteiger partial charge in [-0.3, -0.25) is 4.57 Å². The van der Waals surface area contributed by atoms with Crippen molar-refractivity contribution in [3.05, 3.63) is 63.5 Å². The molecule has 0 bridgehead atoms. The lowest BCUT2D eigenvalue weighted by Gasteiger charge is -2.13. The molecule has 3 aromatic rings. The predicted molar refractivity (Wildman–Crippen MR) is 110 cm³/mol. The molecule has 0 amide bonds. The number of aromatic nitrogens is 2. The summed E-state index contributed by atoms with van der Waals surface area (Å²) in [6.45, 7) is 0.407. The van der Waals surface area contributed by atoms with Crippen molar-refractivity contribution in [2.24, 2.45) is 0 Å². The van der Waals surface area contributed by atoms with E-state index in [1.165, 1.54) is 32.3 Å². The molecule has 0 aliphatic heterocycles. The van der Waals surface area contributed by atoms with Crippen LogP contribution in [0.25, 0.3) is 11.0 Å². The molecule has 0 unspecified atom stereocenters. The molecular formula is C19H20ClN3O5S. The van der Waals surface area contributed by atoms with Crippen LogP contribution in [0.3, 0.4) is 0 Å². The molecule has 0 aliphatic rings. The van der Waals surface area contributed by atoms with E-state index in [0.717, 1.165) is 15.3 Å². The molecule has 0 saturated carbocycles. The number of fused-ring (bicyclic) bond motifs is 1. The van der Waals surface area contributed by atoms with Gasteiger partial charge in [-0.25, -0.2) is 22.3 Å². The first-order valence-electron chi connectivity index (χ1n) is 8.78. The second-order valence-corrected chi connectivity index (χ2v) is 9.08. The number of ether oxygens (including phenoxy) is 1.